The van der Waals surface area contributed by atoms with E-state index in [4.69, 9.17) is 4.74 Å². The second-order valence-corrected chi connectivity index (χ2v) is 5.94. The molecule has 0 saturated heterocycles. The number of rotatable bonds is 7. The van der Waals surface area contributed by atoms with E-state index in [-0.39, 0.29) is 0 Å². The van der Waals surface area contributed by atoms with Crippen molar-refractivity contribution in [3.8, 4) is 5.75 Å². The smallest absolute Gasteiger partial charge is 0.161 e. The van der Waals surface area contributed by atoms with E-state index in [0.29, 0.717) is 12.0 Å². The molecule has 0 aliphatic heterocycles. The highest BCUT2D eigenvalue weighted by atomic mass is 16.5. The van der Waals surface area contributed by atoms with Crippen LogP contribution in [-0.2, 0) is 6.54 Å². The molecule has 0 aromatic carbocycles. The van der Waals surface area contributed by atoms with E-state index < -0.39 is 0 Å². The summed E-state index contributed by atoms with van der Waals surface area (Å²) in [4.78, 5) is 0. The van der Waals surface area contributed by atoms with Crippen LogP contribution in [0.2, 0.25) is 0 Å². The van der Waals surface area contributed by atoms with Crippen molar-refractivity contribution in [3.63, 3.8) is 0 Å². The molecule has 0 amide bonds. The maximum atomic E-state index is 5.54. The zero-order valence-electron chi connectivity index (χ0n) is 13.4. The Hall–Kier alpha value is -1.03. The van der Waals surface area contributed by atoms with Gasteiger partial charge < -0.3 is 10.1 Å². The molecule has 3 unspecified atom stereocenters. The maximum Gasteiger partial charge on any atom is 0.161 e. The number of hydrogen-bond acceptors (Lipinski definition) is 3. The van der Waals surface area contributed by atoms with Gasteiger partial charge in [0.15, 0.2) is 5.75 Å². The van der Waals surface area contributed by atoms with Crippen LogP contribution in [0.4, 0.5) is 0 Å². The molecular formula is C16H29N3O. The average molecular weight is 279 g/mol. The van der Waals surface area contributed by atoms with Gasteiger partial charge in [-0.05, 0) is 38.1 Å². The molecule has 0 bridgehead atoms. The second-order valence-electron chi connectivity index (χ2n) is 5.94. The Morgan fingerprint density at radius 3 is 2.80 bits per heavy atom. The largest absolute Gasteiger partial charge is 0.493 e. The van der Waals surface area contributed by atoms with Gasteiger partial charge in [0, 0.05) is 6.54 Å². The van der Waals surface area contributed by atoms with Crippen molar-refractivity contribution < 1.29 is 4.74 Å². The van der Waals surface area contributed by atoms with Crippen molar-refractivity contribution in [2.24, 2.45) is 11.8 Å². The number of aromatic nitrogens is 2. The lowest BCUT2D eigenvalue weighted by Crippen LogP contribution is -2.27. The molecule has 1 N–H and O–H groups in total. The van der Waals surface area contributed by atoms with Crippen LogP contribution in [0.25, 0.3) is 0 Å². The molecule has 3 atom stereocenters. The fourth-order valence-electron chi connectivity index (χ4n) is 3.62. The topological polar surface area (TPSA) is 39.1 Å². The van der Waals surface area contributed by atoms with E-state index in [0.717, 1.165) is 24.6 Å². The molecule has 1 saturated carbocycles. The molecule has 1 heterocycles. The number of hydrogen-bond donors (Lipinski definition) is 1. The van der Waals surface area contributed by atoms with Gasteiger partial charge >= 0.3 is 0 Å². The first-order valence-corrected chi connectivity index (χ1v) is 8.02. The standard InChI is InChI=1S/C16H29N3O/c1-5-9-19-16(14(20-4)11-18-19)15(17-3)13-8-7-12(6-2)10-13/h11-13,15,17H,5-10H2,1-4H3. The van der Waals surface area contributed by atoms with Crippen LogP contribution in [-0.4, -0.2) is 23.9 Å². The van der Waals surface area contributed by atoms with E-state index >= 15 is 0 Å². The lowest BCUT2D eigenvalue weighted by atomic mass is 9.93. The first kappa shape index (κ1) is 15.4. The molecular weight excluding hydrogens is 250 g/mol. The van der Waals surface area contributed by atoms with Crippen LogP contribution < -0.4 is 10.1 Å². The molecule has 0 radical (unpaired) electrons. The Bertz CT molecular complexity index is 416. The van der Waals surface area contributed by atoms with E-state index in [1.807, 2.05) is 6.20 Å². The Morgan fingerprint density at radius 2 is 2.25 bits per heavy atom. The highest BCUT2D eigenvalue weighted by Gasteiger charge is 2.33. The number of ether oxygens (including phenoxy) is 1. The molecule has 4 nitrogen and oxygen atoms in total. The van der Waals surface area contributed by atoms with Crippen LogP contribution in [0.3, 0.4) is 0 Å². The highest BCUT2D eigenvalue weighted by Crippen LogP contribution is 2.42. The molecule has 1 aliphatic carbocycles. The zero-order chi connectivity index (χ0) is 14.5. The lowest BCUT2D eigenvalue weighted by molar-refractivity contribution is 0.331. The van der Waals surface area contributed by atoms with Crippen molar-refractivity contribution in [3.05, 3.63) is 11.9 Å². The summed E-state index contributed by atoms with van der Waals surface area (Å²) >= 11 is 0. The molecule has 1 aliphatic rings. The van der Waals surface area contributed by atoms with E-state index in [2.05, 4.69) is 36.0 Å². The van der Waals surface area contributed by atoms with Gasteiger partial charge in [-0.1, -0.05) is 26.7 Å². The molecule has 1 fully saturated rings. The fraction of sp³-hybridized carbons (Fsp3) is 0.812. The minimum atomic E-state index is 0.357. The molecule has 4 heteroatoms. The fourth-order valence-corrected chi connectivity index (χ4v) is 3.62. The van der Waals surface area contributed by atoms with Gasteiger partial charge in [0.1, 0.15) is 0 Å². The van der Waals surface area contributed by atoms with E-state index in [1.54, 1.807) is 7.11 Å². The highest BCUT2D eigenvalue weighted by molar-refractivity contribution is 5.29. The van der Waals surface area contributed by atoms with E-state index in [9.17, 15) is 0 Å². The predicted molar refractivity (Wildman–Crippen MR) is 82.0 cm³/mol. The van der Waals surface area contributed by atoms with Crippen LogP contribution in [0.1, 0.15) is 57.7 Å². The second kappa shape index (κ2) is 7.11. The van der Waals surface area contributed by atoms with Crippen molar-refractivity contribution in [2.75, 3.05) is 14.2 Å². The minimum absolute atomic E-state index is 0.357. The summed E-state index contributed by atoms with van der Waals surface area (Å²) in [6.45, 7) is 5.46. The summed E-state index contributed by atoms with van der Waals surface area (Å²) in [7, 11) is 3.81. The predicted octanol–water partition coefficient (Wildman–Crippen LogP) is 3.39. The molecule has 114 valence electrons. The minimum Gasteiger partial charge on any atom is -0.493 e. The van der Waals surface area contributed by atoms with Gasteiger partial charge in [-0.25, -0.2) is 0 Å². The third kappa shape index (κ3) is 3.00. The third-order valence-corrected chi connectivity index (χ3v) is 4.74. The summed E-state index contributed by atoms with van der Waals surface area (Å²) in [5, 5.41) is 8.03. The summed E-state index contributed by atoms with van der Waals surface area (Å²) in [5.74, 6) is 2.52. The van der Waals surface area contributed by atoms with Gasteiger partial charge in [-0.15, -0.1) is 0 Å². The quantitative estimate of drug-likeness (QED) is 0.831. The van der Waals surface area contributed by atoms with Gasteiger partial charge in [0.2, 0.25) is 0 Å². The van der Waals surface area contributed by atoms with Crippen molar-refractivity contribution >= 4 is 0 Å². The Morgan fingerprint density at radius 1 is 1.45 bits per heavy atom. The monoisotopic (exact) mass is 279 g/mol. The van der Waals surface area contributed by atoms with Crippen LogP contribution >= 0.6 is 0 Å². The van der Waals surface area contributed by atoms with Gasteiger partial charge in [-0.3, -0.25) is 4.68 Å². The first-order chi connectivity index (χ1) is 9.74. The Kier molecular flexibility index (Phi) is 5.46. The van der Waals surface area contributed by atoms with Gasteiger partial charge in [0.05, 0.1) is 25.0 Å². The third-order valence-electron chi connectivity index (χ3n) is 4.74. The summed E-state index contributed by atoms with van der Waals surface area (Å²) < 4.78 is 7.67. The van der Waals surface area contributed by atoms with Crippen LogP contribution in [0.5, 0.6) is 5.75 Å². The molecule has 1 aromatic rings. The number of nitrogens with one attached hydrogen (secondary N) is 1. The van der Waals surface area contributed by atoms with Gasteiger partial charge in [0.25, 0.3) is 0 Å². The Labute approximate surface area is 122 Å². The Balaban J connectivity index is 2.24. The summed E-state index contributed by atoms with van der Waals surface area (Å²) in [5.41, 5.74) is 1.23. The number of aryl methyl sites for hydroxylation is 1. The van der Waals surface area contributed by atoms with Gasteiger partial charge in [-0.2, -0.15) is 5.10 Å². The lowest BCUT2D eigenvalue weighted by Gasteiger charge is -2.25. The average Bonchev–Trinajstić information content (AvgIpc) is 3.08. The van der Waals surface area contributed by atoms with Crippen LogP contribution in [0.15, 0.2) is 6.20 Å². The number of methoxy groups -OCH3 is 1. The molecule has 2 rings (SSSR count). The maximum absolute atomic E-state index is 5.54. The molecule has 20 heavy (non-hydrogen) atoms. The van der Waals surface area contributed by atoms with E-state index in [1.165, 1.54) is 31.4 Å². The van der Waals surface area contributed by atoms with Crippen LogP contribution in [0, 0.1) is 11.8 Å². The summed E-state index contributed by atoms with van der Waals surface area (Å²) in [6, 6.07) is 0.357. The summed E-state index contributed by atoms with van der Waals surface area (Å²) in [6.07, 6.45) is 8.26. The van der Waals surface area contributed by atoms with Crippen molar-refractivity contribution in [2.45, 2.75) is 58.5 Å². The number of nitrogens with zero attached hydrogens (tertiary/aromatic N) is 2. The SMILES string of the molecule is CCCn1ncc(OC)c1C(NC)C1CCC(CC)C1. The zero-order valence-corrected chi connectivity index (χ0v) is 13.4. The van der Waals surface area contributed by atoms with Crippen molar-refractivity contribution in [1.29, 1.82) is 0 Å². The first-order valence-electron chi connectivity index (χ1n) is 8.02. The normalized spacial score (nSPS) is 24.0. The van der Waals surface area contributed by atoms with Crippen molar-refractivity contribution in [1.82, 2.24) is 15.1 Å². The molecule has 0 spiro atoms. The molecule has 1 aromatic heterocycles.